The number of nitrogens with zero attached hydrogens (tertiary/aromatic N) is 2. The lowest BCUT2D eigenvalue weighted by Crippen LogP contribution is -2.16. The van der Waals surface area contributed by atoms with Crippen molar-refractivity contribution in [2.75, 3.05) is 17.2 Å². The van der Waals surface area contributed by atoms with Gasteiger partial charge in [0.15, 0.2) is 0 Å². The first-order chi connectivity index (χ1) is 13.0. The third-order valence-corrected chi connectivity index (χ3v) is 4.21. The molecule has 3 aromatic rings. The molecule has 1 amide bonds. The van der Waals surface area contributed by atoms with E-state index in [-0.39, 0.29) is 17.4 Å². The number of anilines is 2. The van der Waals surface area contributed by atoms with Gasteiger partial charge in [-0.2, -0.15) is 0 Å². The molecule has 0 aliphatic heterocycles. The van der Waals surface area contributed by atoms with Crippen LogP contribution in [-0.4, -0.2) is 22.4 Å². The Bertz CT molecular complexity index is 964. The minimum Gasteiger partial charge on any atom is -0.354 e. The van der Waals surface area contributed by atoms with Gasteiger partial charge in [-0.1, -0.05) is 35.9 Å². The highest BCUT2D eigenvalue weighted by Crippen LogP contribution is 2.20. The number of carbonyl (C=O) groups is 1. The lowest BCUT2D eigenvalue weighted by Gasteiger charge is -2.10. The zero-order chi connectivity index (χ0) is 19.2. The monoisotopic (exact) mass is 384 g/mol. The molecule has 1 aromatic heterocycles. The van der Waals surface area contributed by atoms with Crippen molar-refractivity contribution in [3.63, 3.8) is 0 Å². The highest BCUT2D eigenvalue weighted by molar-refractivity contribution is 6.31. The summed E-state index contributed by atoms with van der Waals surface area (Å²) >= 11 is 5.98. The van der Waals surface area contributed by atoms with Crippen molar-refractivity contribution in [1.82, 2.24) is 9.97 Å². The summed E-state index contributed by atoms with van der Waals surface area (Å²) < 4.78 is 13.6. The van der Waals surface area contributed by atoms with Gasteiger partial charge in [-0.3, -0.25) is 4.79 Å². The SMILES string of the molecule is Cc1ccc(Cl)cc1NC(=O)c1ccnc(NCCc2ccccc2F)n1. The van der Waals surface area contributed by atoms with E-state index >= 15 is 0 Å². The molecule has 0 aliphatic rings. The van der Waals surface area contributed by atoms with Crippen LogP contribution in [0.5, 0.6) is 0 Å². The summed E-state index contributed by atoms with van der Waals surface area (Å²) in [5, 5.41) is 6.34. The zero-order valence-corrected chi connectivity index (χ0v) is 15.4. The van der Waals surface area contributed by atoms with Gasteiger partial charge in [-0.15, -0.1) is 0 Å². The van der Waals surface area contributed by atoms with Gasteiger partial charge in [0.05, 0.1) is 0 Å². The molecule has 2 aromatic carbocycles. The van der Waals surface area contributed by atoms with E-state index in [1.807, 2.05) is 13.0 Å². The number of benzene rings is 2. The third kappa shape index (κ3) is 5.01. The molecule has 138 valence electrons. The van der Waals surface area contributed by atoms with Crippen molar-refractivity contribution >= 4 is 29.1 Å². The van der Waals surface area contributed by atoms with Gasteiger partial charge < -0.3 is 10.6 Å². The molecule has 0 saturated carbocycles. The number of amides is 1. The Morgan fingerprint density at radius 1 is 1.19 bits per heavy atom. The van der Waals surface area contributed by atoms with Crippen LogP contribution >= 0.6 is 11.6 Å². The van der Waals surface area contributed by atoms with Crippen LogP contribution in [0.1, 0.15) is 21.6 Å². The minimum absolute atomic E-state index is 0.220. The molecule has 0 bridgehead atoms. The minimum atomic E-state index is -0.361. The number of aryl methyl sites for hydroxylation is 1. The molecule has 27 heavy (non-hydrogen) atoms. The molecule has 2 N–H and O–H groups in total. The van der Waals surface area contributed by atoms with E-state index in [1.165, 1.54) is 18.3 Å². The van der Waals surface area contributed by atoms with Crippen LogP contribution in [0.2, 0.25) is 5.02 Å². The van der Waals surface area contributed by atoms with Crippen molar-refractivity contribution in [3.8, 4) is 0 Å². The van der Waals surface area contributed by atoms with Gasteiger partial charge in [-0.05, 0) is 48.7 Å². The molecule has 7 heteroatoms. The second-order valence-corrected chi connectivity index (χ2v) is 6.38. The molecule has 5 nitrogen and oxygen atoms in total. The number of aromatic nitrogens is 2. The molecule has 3 rings (SSSR count). The highest BCUT2D eigenvalue weighted by atomic mass is 35.5. The van der Waals surface area contributed by atoms with Crippen LogP contribution in [0.25, 0.3) is 0 Å². The fraction of sp³-hybridized carbons (Fsp3) is 0.150. The van der Waals surface area contributed by atoms with Crippen molar-refractivity contribution < 1.29 is 9.18 Å². The smallest absolute Gasteiger partial charge is 0.274 e. The van der Waals surface area contributed by atoms with Gasteiger partial charge in [0.1, 0.15) is 11.5 Å². The molecule has 0 aliphatic carbocycles. The van der Waals surface area contributed by atoms with Gasteiger partial charge >= 0.3 is 0 Å². The van der Waals surface area contributed by atoms with E-state index in [1.54, 1.807) is 30.3 Å². The molecule has 0 saturated heterocycles. The molecular weight excluding hydrogens is 367 g/mol. The molecule has 0 radical (unpaired) electrons. The third-order valence-electron chi connectivity index (χ3n) is 3.97. The van der Waals surface area contributed by atoms with Gasteiger partial charge in [0.25, 0.3) is 5.91 Å². The average Bonchev–Trinajstić information content (AvgIpc) is 2.66. The molecule has 1 heterocycles. The summed E-state index contributed by atoms with van der Waals surface area (Å²) in [6.07, 6.45) is 1.98. The maximum Gasteiger partial charge on any atom is 0.274 e. The Hall–Kier alpha value is -2.99. The van der Waals surface area contributed by atoms with E-state index in [2.05, 4.69) is 20.6 Å². The number of nitrogens with one attached hydrogen (secondary N) is 2. The molecule has 0 unspecified atom stereocenters. The fourth-order valence-electron chi connectivity index (χ4n) is 2.50. The maximum absolute atomic E-state index is 13.6. The van der Waals surface area contributed by atoms with Crippen LogP contribution < -0.4 is 10.6 Å². The lowest BCUT2D eigenvalue weighted by atomic mass is 10.1. The number of carbonyl (C=O) groups excluding carboxylic acids is 1. The van der Waals surface area contributed by atoms with Crippen molar-refractivity contribution in [3.05, 3.63) is 82.4 Å². The lowest BCUT2D eigenvalue weighted by molar-refractivity contribution is 0.102. The molecule has 0 spiro atoms. The Balaban J connectivity index is 1.63. The van der Waals surface area contributed by atoms with Crippen LogP contribution in [-0.2, 0) is 6.42 Å². The van der Waals surface area contributed by atoms with Gasteiger partial charge in [0, 0.05) is 23.5 Å². The van der Waals surface area contributed by atoms with Crippen molar-refractivity contribution in [1.29, 1.82) is 0 Å². The molecule has 0 atom stereocenters. The van der Waals surface area contributed by atoms with Gasteiger partial charge in [-0.25, -0.2) is 14.4 Å². The first-order valence-electron chi connectivity index (χ1n) is 8.41. The molecule has 0 fully saturated rings. The van der Waals surface area contributed by atoms with Crippen LogP contribution in [0.15, 0.2) is 54.7 Å². The standard InChI is InChI=1S/C20H18ClFN4O/c1-13-6-7-15(21)12-18(13)25-19(27)17-9-11-24-20(26-17)23-10-8-14-4-2-3-5-16(14)22/h2-7,9,11-12H,8,10H2,1H3,(H,25,27)(H,23,24,26). The van der Waals surface area contributed by atoms with Crippen molar-refractivity contribution in [2.45, 2.75) is 13.3 Å². The summed E-state index contributed by atoms with van der Waals surface area (Å²) in [6.45, 7) is 2.32. The number of rotatable bonds is 6. The first-order valence-corrected chi connectivity index (χ1v) is 8.78. The van der Waals surface area contributed by atoms with Crippen molar-refractivity contribution in [2.24, 2.45) is 0 Å². The van der Waals surface area contributed by atoms with E-state index in [0.29, 0.717) is 35.2 Å². The topological polar surface area (TPSA) is 66.9 Å². The second-order valence-electron chi connectivity index (χ2n) is 5.95. The Labute approximate surface area is 161 Å². The zero-order valence-electron chi connectivity index (χ0n) is 14.7. The number of hydrogen-bond acceptors (Lipinski definition) is 4. The fourth-order valence-corrected chi connectivity index (χ4v) is 2.67. The predicted octanol–water partition coefficient (Wildman–Crippen LogP) is 4.48. The quantitative estimate of drug-likeness (QED) is 0.657. The van der Waals surface area contributed by atoms with E-state index < -0.39 is 0 Å². The average molecular weight is 385 g/mol. The summed E-state index contributed by atoms with van der Waals surface area (Å²) in [4.78, 5) is 20.8. The molecular formula is C20H18ClFN4O. The summed E-state index contributed by atoms with van der Waals surface area (Å²) in [6, 6.07) is 13.4. The summed E-state index contributed by atoms with van der Waals surface area (Å²) in [5.41, 5.74) is 2.35. The first kappa shape index (κ1) is 18.8. The van der Waals surface area contributed by atoms with Crippen LogP contribution in [0.4, 0.5) is 16.0 Å². The number of halogens is 2. The number of hydrogen-bond donors (Lipinski definition) is 2. The Morgan fingerprint density at radius 2 is 2.00 bits per heavy atom. The normalized spacial score (nSPS) is 10.5. The van der Waals surface area contributed by atoms with E-state index in [4.69, 9.17) is 11.6 Å². The Kier molecular flexibility index (Phi) is 5.98. The highest BCUT2D eigenvalue weighted by Gasteiger charge is 2.11. The van der Waals surface area contributed by atoms with E-state index in [9.17, 15) is 9.18 Å². The van der Waals surface area contributed by atoms with Crippen LogP contribution in [0, 0.1) is 12.7 Å². The Morgan fingerprint density at radius 3 is 2.81 bits per heavy atom. The predicted molar refractivity (Wildman–Crippen MR) is 105 cm³/mol. The van der Waals surface area contributed by atoms with E-state index in [0.717, 1.165) is 5.56 Å². The summed E-state index contributed by atoms with van der Waals surface area (Å²) in [5.74, 6) is -0.299. The van der Waals surface area contributed by atoms with Gasteiger partial charge in [0.2, 0.25) is 5.95 Å². The second kappa shape index (κ2) is 8.60. The largest absolute Gasteiger partial charge is 0.354 e. The maximum atomic E-state index is 13.6. The van der Waals surface area contributed by atoms with Crippen LogP contribution in [0.3, 0.4) is 0 Å². The summed E-state index contributed by atoms with van der Waals surface area (Å²) in [7, 11) is 0.